The molecule has 6 heteroatoms. The Kier molecular flexibility index (Phi) is 6.51. The number of aliphatic hydroxyl groups excluding tert-OH is 1. The Morgan fingerprint density at radius 2 is 1.42 bits per heavy atom. The summed E-state index contributed by atoms with van der Waals surface area (Å²) in [6, 6.07) is 16.0. The number of carboxylic acids is 1. The van der Waals surface area contributed by atoms with Crippen LogP contribution in [0.4, 0.5) is 4.70 Å². The Hall–Kier alpha value is -3.12. The Morgan fingerprint density at radius 1 is 0.871 bits per heavy atom. The van der Waals surface area contributed by atoms with E-state index in [4.69, 9.17) is 5.11 Å². The van der Waals surface area contributed by atoms with E-state index in [9.17, 15) is 9.90 Å². The Bertz CT molecular complexity index is 1240. The number of aromatic carboxylic acids is 1. The number of nitrogens with zero attached hydrogens (tertiary/aromatic N) is 2. The summed E-state index contributed by atoms with van der Waals surface area (Å²) in [4.78, 5) is 11.1. The molecular formula is C25H29FN2O3. The number of halogens is 1. The molecule has 4 aromatic rings. The molecule has 0 unspecified atom stereocenters. The fraction of sp³-hybridized carbons (Fsp3) is 0.320. The summed E-state index contributed by atoms with van der Waals surface area (Å²) in [5, 5.41) is 20.7. The van der Waals surface area contributed by atoms with Gasteiger partial charge in [0.25, 0.3) is 0 Å². The van der Waals surface area contributed by atoms with Crippen LogP contribution in [0.25, 0.3) is 21.8 Å². The van der Waals surface area contributed by atoms with Crippen LogP contribution in [0.15, 0.2) is 48.5 Å². The van der Waals surface area contributed by atoms with Gasteiger partial charge >= 0.3 is 5.97 Å². The molecule has 0 spiro atoms. The zero-order chi connectivity index (χ0) is 20.0. The lowest BCUT2D eigenvalue weighted by Gasteiger charge is -2.04. The first kappa shape index (κ1) is 22.6. The van der Waals surface area contributed by atoms with Gasteiger partial charge in [-0.2, -0.15) is 0 Å². The van der Waals surface area contributed by atoms with Crippen LogP contribution in [0.1, 0.15) is 47.6 Å². The number of carboxylic acid groups (broad SMARTS) is 1. The third kappa shape index (κ3) is 3.72. The summed E-state index contributed by atoms with van der Waals surface area (Å²) in [5.74, 6) is -0.839. The Morgan fingerprint density at radius 3 is 2.00 bits per heavy atom. The number of carbonyl (C=O) groups is 1. The first-order valence-corrected chi connectivity index (χ1v) is 10.2. The number of aliphatic hydroxyl groups is 1. The number of para-hydroxylation sites is 2. The van der Waals surface area contributed by atoms with Gasteiger partial charge in [0.15, 0.2) is 0 Å². The standard InChI is InChI=1S/C12H11NO2.C12H13NO.CH4.FH/c14-12(15)10-5-1-3-8-7-9-4-2-6-13(9)11(8)10;14-8-10-4-1-3-9-7-11-5-2-6-13(11)12(9)10;;/h1,3,5,7H,2,4,6H2,(H,14,15);1,3-4,7,14H,2,5-6,8H2;1H4;1H. The van der Waals surface area contributed by atoms with E-state index in [0.717, 1.165) is 42.4 Å². The lowest BCUT2D eigenvalue weighted by atomic mass is 10.1. The zero-order valence-corrected chi connectivity index (χ0v) is 16.7. The number of benzene rings is 2. The van der Waals surface area contributed by atoms with E-state index in [2.05, 4.69) is 27.3 Å². The second-order valence-corrected chi connectivity index (χ2v) is 7.84. The van der Waals surface area contributed by atoms with E-state index in [1.165, 1.54) is 35.1 Å². The van der Waals surface area contributed by atoms with Crippen LogP contribution < -0.4 is 0 Å². The molecule has 0 aliphatic carbocycles. The molecule has 2 aromatic carbocycles. The molecule has 31 heavy (non-hydrogen) atoms. The molecule has 5 nitrogen and oxygen atoms in total. The van der Waals surface area contributed by atoms with E-state index < -0.39 is 5.97 Å². The summed E-state index contributed by atoms with van der Waals surface area (Å²) < 4.78 is 4.49. The average molecular weight is 425 g/mol. The van der Waals surface area contributed by atoms with Crippen LogP contribution in [-0.4, -0.2) is 25.3 Å². The first-order valence-electron chi connectivity index (χ1n) is 10.2. The Balaban J connectivity index is 0.000000165. The van der Waals surface area contributed by atoms with Gasteiger partial charge in [-0.05, 0) is 43.9 Å². The molecule has 2 aliphatic rings. The molecule has 2 aromatic heterocycles. The minimum absolute atomic E-state index is 0. The van der Waals surface area contributed by atoms with Gasteiger partial charge in [0, 0.05) is 40.8 Å². The van der Waals surface area contributed by atoms with E-state index in [-0.39, 0.29) is 18.7 Å². The molecule has 0 amide bonds. The van der Waals surface area contributed by atoms with Crippen LogP contribution in [0, 0.1) is 0 Å². The van der Waals surface area contributed by atoms with Gasteiger partial charge in [0.1, 0.15) is 0 Å². The second kappa shape index (κ2) is 8.94. The molecule has 4 heterocycles. The van der Waals surface area contributed by atoms with Crippen molar-refractivity contribution in [1.29, 1.82) is 0 Å². The third-order valence-corrected chi connectivity index (χ3v) is 6.13. The predicted molar refractivity (Wildman–Crippen MR) is 123 cm³/mol. The largest absolute Gasteiger partial charge is 0.478 e. The second-order valence-electron chi connectivity index (χ2n) is 7.84. The maximum Gasteiger partial charge on any atom is 0.337 e. The summed E-state index contributed by atoms with van der Waals surface area (Å²) in [6.07, 6.45) is 4.61. The van der Waals surface area contributed by atoms with Crippen molar-refractivity contribution in [3.63, 3.8) is 0 Å². The number of aromatic nitrogens is 2. The monoisotopic (exact) mass is 424 g/mol. The summed E-state index contributed by atoms with van der Waals surface area (Å²) in [7, 11) is 0. The third-order valence-electron chi connectivity index (χ3n) is 6.13. The maximum atomic E-state index is 11.1. The first-order chi connectivity index (χ1) is 14.2. The highest BCUT2D eigenvalue weighted by molar-refractivity contribution is 6.02. The molecule has 0 saturated carbocycles. The number of fused-ring (bicyclic) bond motifs is 6. The molecule has 164 valence electrons. The number of hydrogen-bond donors (Lipinski definition) is 2. The topological polar surface area (TPSA) is 67.4 Å². The van der Waals surface area contributed by atoms with Gasteiger partial charge in [0.2, 0.25) is 0 Å². The smallest absolute Gasteiger partial charge is 0.337 e. The van der Waals surface area contributed by atoms with E-state index in [1.54, 1.807) is 6.07 Å². The minimum Gasteiger partial charge on any atom is -0.478 e. The van der Waals surface area contributed by atoms with Crippen molar-refractivity contribution in [3.8, 4) is 0 Å². The van der Waals surface area contributed by atoms with Gasteiger partial charge in [-0.15, -0.1) is 0 Å². The van der Waals surface area contributed by atoms with Gasteiger partial charge in [-0.25, -0.2) is 4.79 Å². The molecule has 2 aliphatic heterocycles. The number of aryl methyl sites for hydroxylation is 4. The fourth-order valence-electron chi connectivity index (χ4n) is 4.90. The highest BCUT2D eigenvalue weighted by Crippen LogP contribution is 2.29. The SMILES string of the molecule is C.F.O=C(O)c1cccc2cc3n(c12)CCC3.OCc1cccc2cc3n(c12)CCC3. The molecule has 6 rings (SSSR count). The quantitative estimate of drug-likeness (QED) is 0.467. The maximum absolute atomic E-state index is 11.1. The van der Waals surface area contributed by atoms with Crippen molar-refractivity contribution in [3.05, 3.63) is 71.0 Å². The summed E-state index contributed by atoms with van der Waals surface area (Å²) in [6.45, 7) is 2.19. The minimum atomic E-state index is -0.839. The molecule has 0 atom stereocenters. The van der Waals surface area contributed by atoms with Crippen LogP contribution in [0.5, 0.6) is 0 Å². The van der Waals surface area contributed by atoms with E-state index >= 15 is 0 Å². The van der Waals surface area contributed by atoms with Gasteiger partial charge < -0.3 is 19.3 Å². The van der Waals surface area contributed by atoms with Gasteiger partial charge in [-0.1, -0.05) is 37.8 Å². The normalized spacial score (nSPS) is 13.7. The fourth-order valence-corrected chi connectivity index (χ4v) is 4.90. The van der Waals surface area contributed by atoms with Crippen molar-refractivity contribution in [2.75, 3.05) is 0 Å². The highest BCUT2D eigenvalue weighted by Gasteiger charge is 2.19. The van der Waals surface area contributed by atoms with Crippen molar-refractivity contribution >= 4 is 27.8 Å². The van der Waals surface area contributed by atoms with Crippen molar-refractivity contribution < 1.29 is 19.7 Å². The van der Waals surface area contributed by atoms with Gasteiger partial charge in [0.05, 0.1) is 23.2 Å². The summed E-state index contributed by atoms with van der Waals surface area (Å²) in [5.41, 5.74) is 6.27. The molecule has 0 bridgehead atoms. The molecule has 0 fully saturated rings. The van der Waals surface area contributed by atoms with E-state index in [1.807, 2.05) is 24.3 Å². The van der Waals surface area contributed by atoms with Gasteiger partial charge in [-0.3, -0.25) is 4.70 Å². The lowest BCUT2D eigenvalue weighted by Crippen LogP contribution is -2.01. The summed E-state index contributed by atoms with van der Waals surface area (Å²) >= 11 is 0. The van der Waals surface area contributed by atoms with Crippen molar-refractivity contribution in [2.45, 2.75) is 52.8 Å². The number of hydrogen-bond acceptors (Lipinski definition) is 2. The van der Waals surface area contributed by atoms with Crippen molar-refractivity contribution in [1.82, 2.24) is 9.13 Å². The lowest BCUT2D eigenvalue weighted by molar-refractivity contribution is 0.0698. The zero-order valence-electron chi connectivity index (χ0n) is 16.7. The molecular weight excluding hydrogens is 395 g/mol. The molecule has 0 saturated heterocycles. The van der Waals surface area contributed by atoms with Crippen LogP contribution in [-0.2, 0) is 32.5 Å². The average Bonchev–Trinajstić information content (AvgIpc) is 3.47. The van der Waals surface area contributed by atoms with Crippen LogP contribution >= 0.6 is 0 Å². The molecule has 2 N–H and O–H groups in total. The van der Waals surface area contributed by atoms with E-state index in [0.29, 0.717) is 5.56 Å². The van der Waals surface area contributed by atoms with Crippen LogP contribution in [0.3, 0.4) is 0 Å². The Labute approximate surface area is 180 Å². The predicted octanol–water partition coefficient (Wildman–Crippen LogP) is 5.15. The van der Waals surface area contributed by atoms with Crippen molar-refractivity contribution in [2.24, 2.45) is 0 Å². The highest BCUT2D eigenvalue weighted by atomic mass is 19.0. The van der Waals surface area contributed by atoms with Crippen LogP contribution in [0.2, 0.25) is 0 Å². The molecule has 0 radical (unpaired) electrons. The number of rotatable bonds is 2.